The smallest absolute Gasteiger partial charge is 0.267 e. The van der Waals surface area contributed by atoms with E-state index in [9.17, 15) is 14.0 Å². The second kappa shape index (κ2) is 6.83. The van der Waals surface area contributed by atoms with Crippen molar-refractivity contribution in [2.24, 2.45) is 4.99 Å². The molecule has 2 aromatic rings. The highest BCUT2D eigenvalue weighted by Crippen LogP contribution is 2.23. The summed E-state index contributed by atoms with van der Waals surface area (Å²) < 4.78 is 13.8. The highest BCUT2D eigenvalue weighted by molar-refractivity contribution is 6.46. The van der Waals surface area contributed by atoms with Crippen LogP contribution in [0.25, 0.3) is 0 Å². The van der Waals surface area contributed by atoms with Crippen molar-refractivity contribution in [3.63, 3.8) is 0 Å². The minimum absolute atomic E-state index is 0.0474. The molecule has 3 rings (SSSR count). The molecule has 0 saturated carbocycles. The first-order valence-electron chi connectivity index (χ1n) is 8.52. The molecule has 0 fully saturated rings. The highest BCUT2D eigenvalue weighted by Gasteiger charge is 2.33. The molecular formula is C21H21FN2O2. The summed E-state index contributed by atoms with van der Waals surface area (Å²) in [5, 5.41) is 0. The Morgan fingerprint density at radius 2 is 1.65 bits per heavy atom. The number of benzene rings is 2. The Morgan fingerprint density at radius 3 is 2.27 bits per heavy atom. The fraction of sp³-hybridized carbons (Fsp3) is 0.286. The molecule has 0 spiro atoms. The Bertz CT molecular complexity index is 880. The first-order chi connectivity index (χ1) is 12.3. The first kappa shape index (κ1) is 18.0. The van der Waals surface area contributed by atoms with Crippen LogP contribution in [-0.4, -0.2) is 22.5 Å². The Kier molecular flexibility index (Phi) is 4.72. The molecule has 0 bridgehead atoms. The normalized spacial score (nSPS) is 14.8. The molecule has 1 aliphatic rings. The van der Waals surface area contributed by atoms with Crippen molar-refractivity contribution in [3.8, 4) is 0 Å². The Morgan fingerprint density at radius 1 is 1.00 bits per heavy atom. The number of hydrogen-bond acceptors (Lipinski definition) is 2. The Hall–Kier alpha value is -2.82. The summed E-state index contributed by atoms with van der Waals surface area (Å²) in [6, 6.07) is 13.4. The fourth-order valence-corrected chi connectivity index (χ4v) is 2.83. The van der Waals surface area contributed by atoms with Gasteiger partial charge in [0.1, 0.15) is 11.5 Å². The fourth-order valence-electron chi connectivity index (χ4n) is 2.83. The topological polar surface area (TPSA) is 49.7 Å². The van der Waals surface area contributed by atoms with E-state index in [1.807, 2.05) is 24.3 Å². The van der Waals surface area contributed by atoms with Gasteiger partial charge in [0.05, 0.1) is 6.54 Å². The predicted octanol–water partition coefficient (Wildman–Crippen LogP) is 4.27. The number of carbonyl (C=O) groups excluding carboxylic acids is 2. The number of amides is 3. The third-order valence-corrected chi connectivity index (χ3v) is 4.43. The summed E-state index contributed by atoms with van der Waals surface area (Å²) >= 11 is 0. The van der Waals surface area contributed by atoms with Crippen LogP contribution < -0.4 is 0 Å². The van der Waals surface area contributed by atoms with Crippen LogP contribution in [0.4, 0.5) is 9.18 Å². The first-order valence-corrected chi connectivity index (χ1v) is 8.52. The third kappa shape index (κ3) is 3.72. The lowest BCUT2D eigenvalue weighted by Crippen LogP contribution is -2.33. The van der Waals surface area contributed by atoms with Crippen LogP contribution in [0.1, 0.15) is 37.5 Å². The van der Waals surface area contributed by atoms with E-state index in [1.165, 1.54) is 11.6 Å². The van der Waals surface area contributed by atoms with Gasteiger partial charge in [-0.3, -0.25) is 9.69 Å². The molecule has 0 radical (unpaired) electrons. The van der Waals surface area contributed by atoms with Gasteiger partial charge < -0.3 is 0 Å². The maximum Gasteiger partial charge on any atom is 0.351 e. The lowest BCUT2D eigenvalue weighted by molar-refractivity contribution is -0.121. The summed E-state index contributed by atoms with van der Waals surface area (Å²) in [5.74, 6) is -0.905. The summed E-state index contributed by atoms with van der Waals surface area (Å²) in [7, 11) is 0. The number of nitrogens with zero attached hydrogens (tertiary/aromatic N) is 2. The molecule has 5 heteroatoms. The number of carbonyl (C=O) groups is 2. The molecule has 4 nitrogen and oxygen atoms in total. The van der Waals surface area contributed by atoms with Gasteiger partial charge in [-0.05, 0) is 22.6 Å². The molecule has 0 saturated heterocycles. The minimum Gasteiger partial charge on any atom is -0.267 e. The maximum absolute atomic E-state index is 13.8. The second-order valence-electron chi connectivity index (χ2n) is 7.45. The van der Waals surface area contributed by atoms with Gasteiger partial charge in [-0.15, -0.1) is 0 Å². The number of rotatable bonds is 4. The molecule has 26 heavy (non-hydrogen) atoms. The molecular weight excluding hydrogens is 331 g/mol. The van der Waals surface area contributed by atoms with E-state index in [0.717, 1.165) is 10.5 Å². The summed E-state index contributed by atoms with van der Waals surface area (Å²) in [6.45, 7) is 6.28. The van der Waals surface area contributed by atoms with Gasteiger partial charge in [0.25, 0.3) is 5.91 Å². The molecule has 2 aromatic carbocycles. The van der Waals surface area contributed by atoms with E-state index in [2.05, 4.69) is 25.8 Å². The summed E-state index contributed by atoms with van der Waals surface area (Å²) in [5.41, 5.74) is 2.63. The van der Waals surface area contributed by atoms with Crippen LogP contribution in [0.5, 0.6) is 0 Å². The number of aliphatic imine (C=N–C) groups is 1. The van der Waals surface area contributed by atoms with Crippen LogP contribution in [0.2, 0.25) is 0 Å². The van der Waals surface area contributed by atoms with E-state index >= 15 is 0 Å². The average molecular weight is 352 g/mol. The quantitative estimate of drug-likeness (QED) is 0.825. The number of hydrogen-bond donors (Lipinski definition) is 0. The lowest BCUT2D eigenvalue weighted by atomic mass is 9.86. The van der Waals surface area contributed by atoms with Gasteiger partial charge in [-0.1, -0.05) is 63.2 Å². The SMILES string of the molecule is CC(C)(C)c1ccc(CC2=NC(=O)N(Cc3ccccc3F)C2=O)cc1. The van der Waals surface area contributed by atoms with Crippen LogP contribution in [-0.2, 0) is 23.2 Å². The van der Waals surface area contributed by atoms with Crippen molar-refractivity contribution >= 4 is 17.6 Å². The van der Waals surface area contributed by atoms with Crippen molar-refractivity contribution in [3.05, 3.63) is 71.0 Å². The van der Waals surface area contributed by atoms with Crippen LogP contribution in [0, 0.1) is 5.82 Å². The molecule has 0 aliphatic carbocycles. The van der Waals surface area contributed by atoms with Gasteiger partial charge in [0, 0.05) is 12.0 Å². The average Bonchev–Trinajstić information content (AvgIpc) is 2.84. The minimum atomic E-state index is -0.639. The predicted molar refractivity (Wildman–Crippen MR) is 98.6 cm³/mol. The van der Waals surface area contributed by atoms with Crippen molar-refractivity contribution < 1.29 is 14.0 Å². The van der Waals surface area contributed by atoms with Crippen molar-refractivity contribution in [2.75, 3.05) is 0 Å². The van der Waals surface area contributed by atoms with E-state index in [0.29, 0.717) is 5.56 Å². The number of halogens is 1. The monoisotopic (exact) mass is 352 g/mol. The van der Waals surface area contributed by atoms with Gasteiger partial charge in [-0.2, -0.15) is 4.99 Å². The van der Waals surface area contributed by atoms with Crippen LogP contribution in [0.15, 0.2) is 53.5 Å². The van der Waals surface area contributed by atoms with E-state index in [1.54, 1.807) is 18.2 Å². The molecule has 1 aliphatic heterocycles. The maximum atomic E-state index is 13.8. The summed E-state index contributed by atoms with van der Waals surface area (Å²) in [4.78, 5) is 29.5. The van der Waals surface area contributed by atoms with Gasteiger partial charge in [-0.25, -0.2) is 9.18 Å². The van der Waals surface area contributed by atoms with Crippen LogP contribution in [0.3, 0.4) is 0 Å². The molecule has 0 aromatic heterocycles. The van der Waals surface area contributed by atoms with E-state index in [-0.39, 0.29) is 24.1 Å². The molecule has 0 unspecified atom stereocenters. The lowest BCUT2D eigenvalue weighted by Gasteiger charge is -2.19. The van der Waals surface area contributed by atoms with Crippen molar-refractivity contribution in [2.45, 2.75) is 39.2 Å². The largest absolute Gasteiger partial charge is 0.351 e. The zero-order chi connectivity index (χ0) is 18.9. The molecule has 134 valence electrons. The Balaban J connectivity index is 1.72. The Labute approximate surface area is 152 Å². The second-order valence-corrected chi connectivity index (χ2v) is 7.45. The molecule has 0 atom stereocenters. The summed E-state index contributed by atoms with van der Waals surface area (Å²) in [6.07, 6.45) is 0.281. The van der Waals surface area contributed by atoms with Gasteiger partial charge in [0.2, 0.25) is 0 Å². The van der Waals surface area contributed by atoms with E-state index in [4.69, 9.17) is 0 Å². The van der Waals surface area contributed by atoms with Gasteiger partial charge >= 0.3 is 6.03 Å². The third-order valence-electron chi connectivity index (χ3n) is 4.43. The van der Waals surface area contributed by atoms with Crippen LogP contribution >= 0.6 is 0 Å². The molecule has 0 N–H and O–H groups in total. The zero-order valence-electron chi connectivity index (χ0n) is 15.1. The van der Waals surface area contributed by atoms with Gasteiger partial charge in [0.15, 0.2) is 0 Å². The van der Waals surface area contributed by atoms with Crippen molar-refractivity contribution in [1.29, 1.82) is 0 Å². The highest BCUT2D eigenvalue weighted by atomic mass is 19.1. The number of urea groups is 1. The standard InChI is InChI=1S/C21H21FN2O2/c1-21(2,3)16-10-8-14(9-11-16)12-18-19(25)24(20(26)23-18)13-15-6-4-5-7-17(15)22/h4-11H,12-13H2,1-3H3. The van der Waals surface area contributed by atoms with Crippen molar-refractivity contribution in [1.82, 2.24) is 4.90 Å². The molecule has 1 heterocycles. The zero-order valence-corrected chi connectivity index (χ0v) is 15.1. The number of imide groups is 1. The van der Waals surface area contributed by atoms with E-state index < -0.39 is 17.8 Å². The molecule has 3 amide bonds.